The zero-order valence-corrected chi connectivity index (χ0v) is 19.9. The van der Waals surface area contributed by atoms with E-state index in [1.165, 1.54) is 38.5 Å². The Bertz CT molecular complexity index is 1020. The molecule has 0 bridgehead atoms. The van der Waals surface area contributed by atoms with Gasteiger partial charge in [-0.2, -0.15) is 0 Å². The largest absolute Gasteiger partial charge is 0.490 e. The molecule has 7 nitrogen and oxygen atoms in total. The summed E-state index contributed by atoms with van der Waals surface area (Å²) in [7, 11) is 2.92. The van der Waals surface area contributed by atoms with Crippen LogP contribution in [0.25, 0.3) is 0 Å². The van der Waals surface area contributed by atoms with Crippen LogP contribution in [-0.4, -0.2) is 21.0 Å². The second-order valence-electron chi connectivity index (χ2n) is 6.34. The summed E-state index contributed by atoms with van der Waals surface area (Å²) in [5.74, 6) is 1.24. The van der Waals surface area contributed by atoms with Gasteiger partial charge < -0.3 is 35.2 Å². The minimum atomic E-state index is -0.0298. The molecule has 0 atom stereocenters. The maximum absolute atomic E-state index is 6.27. The van der Waals surface area contributed by atoms with Crippen molar-refractivity contribution in [3.05, 3.63) is 56.5 Å². The van der Waals surface area contributed by atoms with E-state index in [4.69, 9.17) is 81.6 Å². The van der Waals surface area contributed by atoms with Gasteiger partial charge in [0.1, 0.15) is 5.75 Å². The lowest BCUT2D eigenvalue weighted by atomic mass is 10.2. The summed E-state index contributed by atoms with van der Waals surface area (Å²) >= 11 is 25.1. The molecule has 0 aromatic heterocycles. The molecule has 4 N–H and O–H groups in total. The molecule has 0 aliphatic carbocycles. The fourth-order valence-corrected chi connectivity index (χ4v) is 3.85. The molecule has 32 heavy (non-hydrogen) atoms. The molecule has 11 heteroatoms. The first-order valence-electron chi connectivity index (χ1n) is 8.92. The van der Waals surface area contributed by atoms with Crippen LogP contribution in [0.4, 0.5) is 11.4 Å². The van der Waals surface area contributed by atoms with Crippen molar-refractivity contribution in [2.75, 3.05) is 32.5 Å². The monoisotopic (exact) mass is 518 g/mol. The van der Waals surface area contributed by atoms with Crippen molar-refractivity contribution < 1.29 is 23.7 Å². The zero-order valence-electron chi connectivity index (χ0n) is 16.9. The molecule has 0 fully saturated rings. The van der Waals surface area contributed by atoms with Gasteiger partial charge >= 0.3 is 0 Å². The fourth-order valence-electron chi connectivity index (χ4n) is 2.69. The summed E-state index contributed by atoms with van der Waals surface area (Å²) in [6.45, 7) is -0.0298. The SMILES string of the molecule is COCOc1cc(Oc2c(Cl)cc(N)cc2Cl)c(OC)c(Oc2c(Cl)cc(N)cc2Cl)c1. The van der Waals surface area contributed by atoms with Crippen LogP contribution in [0.1, 0.15) is 0 Å². The third-order valence-electron chi connectivity index (χ3n) is 4.01. The van der Waals surface area contributed by atoms with Crippen molar-refractivity contribution in [3.63, 3.8) is 0 Å². The molecule has 0 saturated carbocycles. The molecule has 3 aromatic carbocycles. The highest BCUT2D eigenvalue weighted by atomic mass is 35.5. The molecular weight excluding hydrogens is 502 g/mol. The Morgan fingerprint density at radius 1 is 0.656 bits per heavy atom. The van der Waals surface area contributed by atoms with Gasteiger partial charge in [-0.3, -0.25) is 0 Å². The van der Waals surface area contributed by atoms with Crippen molar-refractivity contribution in [1.29, 1.82) is 0 Å². The van der Waals surface area contributed by atoms with Crippen LogP contribution in [0.15, 0.2) is 36.4 Å². The number of hydrogen-bond acceptors (Lipinski definition) is 7. The van der Waals surface area contributed by atoms with E-state index >= 15 is 0 Å². The van der Waals surface area contributed by atoms with Crippen LogP contribution in [0.5, 0.6) is 34.5 Å². The van der Waals surface area contributed by atoms with Gasteiger partial charge in [-0.05, 0) is 24.3 Å². The number of ether oxygens (including phenoxy) is 5. The van der Waals surface area contributed by atoms with E-state index in [0.29, 0.717) is 17.1 Å². The summed E-state index contributed by atoms with van der Waals surface area (Å²) < 4.78 is 28.0. The highest BCUT2D eigenvalue weighted by Gasteiger charge is 2.21. The molecule has 170 valence electrons. The average molecular weight is 520 g/mol. The quantitative estimate of drug-likeness (QED) is 0.243. The maximum Gasteiger partial charge on any atom is 0.204 e. The van der Waals surface area contributed by atoms with Gasteiger partial charge in [0.15, 0.2) is 29.8 Å². The van der Waals surface area contributed by atoms with Crippen molar-refractivity contribution in [2.45, 2.75) is 0 Å². The molecule has 3 aromatic rings. The summed E-state index contributed by atoms with van der Waals surface area (Å²) in [5, 5.41) is 0.805. The lowest BCUT2D eigenvalue weighted by Gasteiger charge is -2.19. The third-order valence-corrected chi connectivity index (χ3v) is 5.13. The second kappa shape index (κ2) is 10.5. The Labute approximate surface area is 204 Å². The topological polar surface area (TPSA) is 98.2 Å². The zero-order chi connectivity index (χ0) is 23.4. The first kappa shape index (κ1) is 24.2. The van der Waals surface area contributed by atoms with Crippen LogP contribution in [0.2, 0.25) is 20.1 Å². The smallest absolute Gasteiger partial charge is 0.204 e. The van der Waals surface area contributed by atoms with Gasteiger partial charge in [-0.1, -0.05) is 46.4 Å². The van der Waals surface area contributed by atoms with E-state index in [1.807, 2.05) is 0 Å². The summed E-state index contributed by atoms with van der Waals surface area (Å²) in [6, 6.07) is 9.13. The number of halogens is 4. The minimum absolute atomic E-state index is 0.0298. The Balaban J connectivity index is 2.11. The Morgan fingerprint density at radius 2 is 1.06 bits per heavy atom. The highest BCUT2D eigenvalue weighted by Crippen LogP contribution is 2.49. The third kappa shape index (κ3) is 5.49. The van der Waals surface area contributed by atoms with Crippen molar-refractivity contribution in [2.24, 2.45) is 0 Å². The van der Waals surface area contributed by atoms with Crippen LogP contribution >= 0.6 is 46.4 Å². The molecule has 0 amide bonds. The molecule has 0 radical (unpaired) electrons. The predicted molar refractivity (Wildman–Crippen MR) is 127 cm³/mol. The van der Waals surface area contributed by atoms with Gasteiger partial charge in [0, 0.05) is 30.6 Å². The molecule has 0 unspecified atom stereocenters. The molecule has 0 spiro atoms. The normalized spacial score (nSPS) is 10.7. The molecule has 0 saturated heterocycles. The Morgan fingerprint density at radius 3 is 1.41 bits per heavy atom. The van der Waals surface area contributed by atoms with E-state index in [1.54, 1.807) is 12.1 Å². The van der Waals surface area contributed by atoms with Gasteiger partial charge in [-0.25, -0.2) is 0 Å². The van der Waals surface area contributed by atoms with Gasteiger partial charge in [-0.15, -0.1) is 0 Å². The lowest BCUT2D eigenvalue weighted by molar-refractivity contribution is 0.0508. The van der Waals surface area contributed by atoms with Crippen molar-refractivity contribution >= 4 is 57.8 Å². The molecular formula is C21H18Cl4N2O5. The Hall–Kier alpha value is -2.42. The first-order chi connectivity index (χ1) is 15.2. The van der Waals surface area contributed by atoms with Crippen LogP contribution in [-0.2, 0) is 4.74 Å². The van der Waals surface area contributed by atoms with E-state index < -0.39 is 0 Å². The number of methoxy groups -OCH3 is 2. The number of anilines is 2. The van der Waals surface area contributed by atoms with Crippen LogP contribution in [0, 0.1) is 0 Å². The Kier molecular flexibility index (Phi) is 7.92. The fraction of sp³-hybridized carbons (Fsp3) is 0.143. The van der Waals surface area contributed by atoms with Crippen LogP contribution in [0.3, 0.4) is 0 Å². The predicted octanol–water partition coefficient (Wildman–Crippen LogP) is 7.04. The number of hydrogen-bond donors (Lipinski definition) is 2. The van der Waals surface area contributed by atoms with Crippen molar-refractivity contribution in [1.82, 2.24) is 0 Å². The molecule has 0 aliphatic rings. The number of nitrogen functional groups attached to an aromatic ring is 2. The van der Waals surface area contributed by atoms with Crippen LogP contribution < -0.4 is 30.4 Å². The summed E-state index contributed by atoms with van der Waals surface area (Å²) in [4.78, 5) is 0. The number of rotatable bonds is 8. The van der Waals surface area contributed by atoms with Gasteiger partial charge in [0.2, 0.25) is 5.75 Å². The molecule has 0 heterocycles. The summed E-state index contributed by atoms with van der Waals surface area (Å²) in [6.07, 6.45) is 0. The van der Waals surface area contributed by atoms with Gasteiger partial charge in [0.05, 0.1) is 27.2 Å². The maximum atomic E-state index is 6.27. The second-order valence-corrected chi connectivity index (χ2v) is 7.96. The first-order valence-corrected chi connectivity index (χ1v) is 10.4. The summed E-state index contributed by atoms with van der Waals surface area (Å²) in [5.41, 5.74) is 12.3. The highest BCUT2D eigenvalue weighted by molar-refractivity contribution is 6.38. The average Bonchev–Trinajstić information content (AvgIpc) is 2.71. The van der Waals surface area contributed by atoms with E-state index in [9.17, 15) is 0 Å². The number of nitrogens with two attached hydrogens (primary N) is 2. The van der Waals surface area contributed by atoms with Gasteiger partial charge in [0.25, 0.3) is 0 Å². The number of benzene rings is 3. The van der Waals surface area contributed by atoms with Crippen molar-refractivity contribution in [3.8, 4) is 34.5 Å². The standard InChI is InChI=1S/C21H18Cl4N2O5/c1-28-9-30-12-7-17(31-19-13(22)3-10(26)4-14(19)23)21(29-2)18(8-12)32-20-15(24)5-11(27)6-16(20)25/h3-8H,9,26-27H2,1-2H3. The minimum Gasteiger partial charge on any atom is -0.490 e. The van der Waals surface area contributed by atoms with E-state index in [-0.39, 0.29) is 55.6 Å². The molecule has 3 rings (SSSR count). The molecule has 0 aliphatic heterocycles. The van der Waals surface area contributed by atoms with E-state index in [2.05, 4.69) is 0 Å². The van der Waals surface area contributed by atoms with E-state index in [0.717, 1.165) is 0 Å². The lowest BCUT2D eigenvalue weighted by Crippen LogP contribution is -2.02.